The normalized spacial score (nSPS) is 16.4. The van der Waals surface area contributed by atoms with Crippen molar-refractivity contribution < 1.29 is 14.3 Å². The molecule has 0 bridgehead atoms. The number of morpholine rings is 1. The van der Waals surface area contributed by atoms with Crippen LogP contribution >= 0.6 is 0 Å². The van der Waals surface area contributed by atoms with Crippen LogP contribution in [-0.4, -0.2) is 48.8 Å². The van der Waals surface area contributed by atoms with Crippen molar-refractivity contribution in [2.24, 2.45) is 0 Å². The molecule has 1 saturated heterocycles. The first kappa shape index (κ1) is 18.7. The van der Waals surface area contributed by atoms with Crippen molar-refractivity contribution in [3.05, 3.63) is 47.4 Å². The van der Waals surface area contributed by atoms with Gasteiger partial charge in [-0.2, -0.15) is 0 Å². The van der Waals surface area contributed by atoms with E-state index in [0.29, 0.717) is 6.54 Å². The number of aromatic nitrogens is 2. The van der Waals surface area contributed by atoms with Gasteiger partial charge < -0.3 is 19.7 Å². The van der Waals surface area contributed by atoms with Gasteiger partial charge in [0.1, 0.15) is 11.6 Å². The Hall–Kier alpha value is -2.67. The molecule has 2 aliphatic rings. The van der Waals surface area contributed by atoms with E-state index in [2.05, 4.69) is 20.2 Å². The van der Waals surface area contributed by atoms with Crippen molar-refractivity contribution in [2.75, 3.05) is 37.8 Å². The number of hydrogen-bond acceptors (Lipinski definition) is 6. The fraction of sp³-hybridized carbons (Fsp3) is 0.476. The second-order valence-corrected chi connectivity index (χ2v) is 7.13. The lowest BCUT2D eigenvalue weighted by molar-refractivity contribution is -0.123. The van der Waals surface area contributed by atoms with Crippen molar-refractivity contribution in [1.82, 2.24) is 15.3 Å². The molecule has 2 aromatic heterocycles. The van der Waals surface area contributed by atoms with Gasteiger partial charge in [0.15, 0.2) is 6.61 Å². The summed E-state index contributed by atoms with van der Waals surface area (Å²) in [7, 11) is 0. The zero-order chi connectivity index (χ0) is 19.2. The molecular weight excluding hydrogens is 356 g/mol. The molecule has 28 heavy (non-hydrogen) atoms. The minimum Gasteiger partial charge on any atom is -0.483 e. The first-order chi connectivity index (χ1) is 13.8. The van der Waals surface area contributed by atoms with Gasteiger partial charge in [0.2, 0.25) is 0 Å². The van der Waals surface area contributed by atoms with E-state index in [1.54, 1.807) is 12.4 Å². The van der Waals surface area contributed by atoms with Crippen molar-refractivity contribution in [2.45, 2.75) is 32.2 Å². The lowest BCUT2D eigenvalue weighted by Crippen LogP contribution is -2.36. The number of ether oxygens (including phenoxy) is 2. The van der Waals surface area contributed by atoms with Gasteiger partial charge in [-0.15, -0.1) is 0 Å². The Kier molecular flexibility index (Phi) is 6.01. The van der Waals surface area contributed by atoms with E-state index in [9.17, 15) is 4.79 Å². The Morgan fingerprint density at radius 2 is 1.96 bits per heavy atom. The number of rotatable bonds is 6. The zero-order valence-corrected chi connectivity index (χ0v) is 16.0. The summed E-state index contributed by atoms with van der Waals surface area (Å²) in [5.74, 6) is 1.58. The van der Waals surface area contributed by atoms with Crippen LogP contribution in [0.25, 0.3) is 0 Å². The number of anilines is 1. The Morgan fingerprint density at radius 3 is 2.86 bits per heavy atom. The largest absolute Gasteiger partial charge is 0.483 e. The number of carbonyl (C=O) groups is 1. The van der Waals surface area contributed by atoms with E-state index >= 15 is 0 Å². The summed E-state index contributed by atoms with van der Waals surface area (Å²) < 4.78 is 11.2. The van der Waals surface area contributed by atoms with Crippen LogP contribution in [0.4, 0.5) is 5.82 Å². The molecule has 148 valence electrons. The SMILES string of the molecule is O=C(COc1ccnc2c1CCCC2)NCc1ccnc(N2CCOCC2)c1. The number of hydrogen-bond donors (Lipinski definition) is 1. The molecule has 4 rings (SSSR count). The predicted octanol–water partition coefficient (Wildman–Crippen LogP) is 1.89. The first-order valence-electron chi connectivity index (χ1n) is 9.93. The van der Waals surface area contributed by atoms with Crippen LogP contribution < -0.4 is 15.0 Å². The highest BCUT2D eigenvalue weighted by molar-refractivity contribution is 5.77. The number of aryl methyl sites for hydroxylation is 1. The molecule has 1 fully saturated rings. The van der Waals surface area contributed by atoms with Gasteiger partial charge in [-0.1, -0.05) is 0 Å². The standard InChI is InChI=1S/C21H26N4O3/c26-21(15-28-19-6-8-22-18-4-2-1-3-17(18)19)24-14-16-5-7-23-20(13-16)25-9-11-27-12-10-25/h5-8,13H,1-4,9-12,14-15H2,(H,24,26). The Balaban J connectivity index is 1.29. The summed E-state index contributed by atoms with van der Waals surface area (Å²) >= 11 is 0. The molecule has 7 heteroatoms. The third-order valence-electron chi connectivity index (χ3n) is 5.19. The molecule has 0 saturated carbocycles. The topological polar surface area (TPSA) is 76.6 Å². The Bertz CT molecular complexity index is 821. The van der Waals surface area contributed by atoms with E-state index in [-0.39, 0.29) is 12.5 Å². The van der Waals surface area contributed by atoms with Crippen LogP contribution in [0.2, 0.25) is 0 Å². The maximum atomic E-state index is 12.3. The summed E-state index contributed by atoms with van der Waals surface area (Å²) in [4.78, 5) is 23.3. The minimum absolute atomic E-state index is 0.0118. The number of amides is 1. The number of carbonyl (C=O) groups excluding carboxylic acids is 1. The van der Waals surface area contributed by atoms with E-state index in [1.807, 2.05) is 18.2 Å². The summed E-state index contributed by atoms with van der Waals surface area (Å²) in [6.07, 6.45) is 7.83. The summed E-state index contributed by atoms with van der Waals surface area (Å²) in [5, 5.41) is 2.93. The van der Waals surface area contributed by atoms with Gasteiger partial charge in [-0.05, 0) is 49.4 Å². The smallest absolute Gasteiger partial charge is 0.258 e. The third-order valence-corrected chi connectivity index (χ3v) is 5.19. The van der Waals surface area contributed by atoms with E-state index < -0.39 is 0 Å². The average molecular weight is 382 g/mol. The average Bonchev–Trinajstić information content (AvgIpc) is 2.77. The first-order valence-corrected chi connectivity index (χ1v) is 9.93. The number of pyridine rings is 2. The van der Waals surface area contributed by atoms with Gasteiger partial charge in [-0.25, -0.2) is 4.98 Å². The Morgan fingerprint density at radius 1 is 1.14 bits per heavy atom. The van der Waals surface area contributed by atoms with Gasteiger partial charge >= 0.3 is 0 Å². The number of nitrogens with zero attached hydrogens (tertiary/aromatic N) is 3. The van der Waals surface area contributed by atoms with Crippen LogP contribution in [-0.2, 0) is 28.9 Å². The summed E-state index contributed by atoms with van der Waals surface area (Å²) in [6, 6.07) is 5.80. The van der Waals surface area contributed by atoms with E-state index in [0.717, 1.165) is 74.0 Å². The molecule has 0 radical (unpaired) electrons. The van der Waals surface area contributed by atoms with Gasteiger partial charge in [0, 0.05) is 43.3 Å². The van der Waals surface area contributed by atoms with Crippen LogP contribution in [0.3, 0.4) is 0 Å². The quantitative estimate of drug-likeness (QED) is 0.822. The molecule has 2 aromatic rings. The predicted molar refractivity (Wildman–Crippen MR) is 105 cm³/mol. The molecule has 1 aliphatic carbocycles. The molecule has 0 spiro atoms. The molecular formula is C21H26N4O3. The molecule has 7 nitrogen and oxygen atoms in total. The van der Waals surface area contributed by atoms with Crippen molar-refractivity contribution in [1.29, 1.82) is 0 Å². The van der Waals surface area contributed by atoms with Crippen LogP contribution in [0.5, 0.6) is 5.75 Å². The van der Waals surface area contributed by atoms with Crippen molar-refractivity contribution in [3.8, 4) is 5.75 Å². The van der Waals surface area contributed by atoms with Crippen LogP contribution in [0.1, 0.15) is 29.7 Å². The zero-order valence-electron chi connectivity index (χ0n) is 16.0. The van der Waals surface area contributed by atoms with Gasteiger partial charge in [0.05, 0.1) is 13.2 Å². The van der Waals surface area contributed by atoms with Crippen LogP contribution in [0, 0.1) is 0 Å². The van der Waals surface area contributed by atoms with Gasteiger partial charge in [-0.3, -0.25) is 9.78 Å². The fourth-order valence-corrected chi connectivity index (χ4v) is 3.66. The lowest BCUT2D eigenvalue weighted by atomic mass is 9.95. The van der Waals surface area contributed by atoms with Crippen molar-refractivity contribution in [3.63, 3.8) is 0 Å². The summed E-state index contributed by atoms with van der Waals surface area (Å²) in [5.41, 5.74) is 3.29. The second-order valence-electron chi connectivity index (χ2n) is 7.13. The number of nitrogens with one attached hydrogen (secondary N) is 1. The molecule has 3 heterocycles. The molecule has 1 amide bonds. The molecule has 1 aliphatic heterocycles. The maximum Gasteiger partial charge on any atom is 0.258 e. The highest BCUT2D eigenvalue weighted by atomic mass is 16.5. The molecule has 0 unspecified atom stereocenters. The van der Waals surface area contributed by atoms with Gasteiger partial charge in [0.25, 0.3) is 5.91 Å². The Labute approximate surface area is 165 Å². The maximum absolute atomic E-state index is 12.3. The second kappa shape index (κ2) is 9.01. The molecule has 1 N–H and O–H groups in total. The van der Waals surface area contributed by atoms with Crippen LogP contribution in [0.15, 0.2) is 30.6 Å². The minimum atomic E-state index is -0.133. The third kappa shape index (κ3) is 4.59. The monoisotopic (exact) mass is 382 g/mol. The van der Waals surface area contributed by atoms with E-state index in [4.69, 9.17) is 9.47 Å². The fourth-order valence-electron chi connectivity index (χ4n) is 3.66. The van der Waals surface area contributed by atoms with Crippen molar-refractivity contribution >= 4 is 11.7 Å². The highest BCUT2D eigenvalue weighted by Crippen LogP contribution is 2.27. The summed E-state index contributed by atoms with van der Waals surface area (Å²) in [6.45, 7) is 3.59. The molecule has 0 atom stereocenters. The molecule has 0 aromatic carbocycles. The van der Waals surface area contributed by atoms with E-state index in [1.165, 1.54) is 6.42 Å². The highest BCUT2D eigenvalue weighted by Gasteiger charge is 2.16. The number of fused-ring (bicyclic) bond motifs is 1. The lowest BCUT2D eigenvalue weighted by Gasteiger charge is -2.28.